The summed E-state index contributed by atoms with van der Waals surface area (Å²) in [5.41, 5.74) is -0.648. The number of Topliss-reactive ketones (excluding diaryl/α,β-unsaturated/α-hetero) is 1. The topological polar surface area (TPSA) is 97.7 Å². The van der Waals surface area contributed by atoms with E-state index in [2.05, 4.69) is 0 Å². The molecule has 1 N–H and O–H groups in total. The first-order chi connectivity index (χ1) is 8.18. The van der Waals surface area contributed by atoms with Crippen LogP contribution >= 0.6 is 0 Å². The number of carboxylic acid groups (broad SMARTS) is 1. The molecule has 0 aliphatic rings. The maximum absolute atomic E-state index is 13.2. The summed E-state index contributed by atoms with van der Waals surface area (Å²) in [6.07, 6.45) is 0.791. The minimum Gasteiger partial charge on any atom is -0.495 e. The van der Waals surface area contributed by atoms with E-state index in [-0.39, 0.29) is 0 Å². The molecule has 0 bridgehead atoms. The molecule has 0 radical (unpaired) electrons. The van der Waals surface area contributed by atoms with Crippen LogP contribution in [0.4, 0.5) is 4.39 Å². The maximum Gasteiger partial charge on any atom is 0.377 e. The van der Waals surface area contributed by atoms with Crippen LogP contribution in [0.25, 0.3) is 0 Å². The molecule has 0 saturated carbocycles. The minimum absolute atomic E-state index is 0.480. The van der Waals surface area contributed by atoms with Gasteiger partial charge in [-0.1, -0.05) is 0 Å². The van der Waals surface area contributed by atoms with E-state index in [9.17, 15) is 22.4 Å². The number of ether oxygens (including phenoxy) is 1. The smallest absolute Gasteiger partial charge is 0.377 e. The number of aliphatic carboxylic acids is 1. The van der Waals surface area contributed by atoms with Crippen molar-refractivity contribution >= 4 is 21.6 Å². The van der Waals surface area contributed by atoms with E-state index in [1.54, 1.807) is 0 Å². The van der Waals surface area contributed by atoms with Crippen molar-refractivity contribution in [2.45, 2.75) is 4.90 Å². The lowest BCUT2D eigenvalue weighted by Gasteiger charge is -2.10. The Hall–Kier alpha value is -1.96. The Bertz CT molecular complexity index is 620. The summed E-state index contributed by atoms with van der Waals surface area (Å²) in [7, 11) is -2.80. The molecule has 1 aromatic rings. The predicted molar refractivity (Wildman–Crippen MR) is 58.0 cm³/mol. The lowest BCUT2D eigenvalue weighted by Crippen LogP contribution is -2.16. The van der Waals surface area contributed by atoms with Crippen LogP contribution in [-0.4, -0.2) is 38.6 Å². The molecule has 6 nitrogen and oxygen atoms in total. The van der Waals surface area contributed by atoms with Crippen LogP contribution < -0.4 is 4.74 Å². The first-order valence-electron chi connectivity index (χ1n) is 4.53. The van der Waals surface area contributed by atoms with Crippen LogP contribution in [0, 0.1) is 5.82 Å². The highest BCUT2D eigenvalue weighted by Crippen LogP contribution is 2.29. The van der Waals surface area contributed by atoms with Crippen molar-refractivity contribution in [1.29, 1.82) is 0 Å². The molecule has 0 saturated heterocycles. The Morgan fingerprint density at radius 1 is 1.33 bits per heavy atom. The van der Waals surface area contributed by atoms with E-state index in [1.165, 1.54) is 0 Å². The molecular formula is C10H9FO6S. The quantitative estimate of drug-likeness (QED) is 0.635. The Balaban J connectivity index is 3.69. The fourth-order valence-corrected chi connectivity index (χ4v) is 2.20. The summed E-state index contributed by atoms with van der Waals surface area (Å²) in [5, 5.41) is 8.56. The standard InChI is InChI=1S/C10H9FO6S/c1-17-9-6(8(12)10(13)14)3-5(11)4-7(9)18(2,15)16/h3-4H,1-2H3,(H,13,14). The van der Waals surface area contributed by atoms with E-state index < -0.39 is 43.6 Å². The van der Waals surface area contributed by atoms with Gasteiger partial charge < -0.3 is 9.84 Å². The summed E-state index contributed by atoms with van der Waals surface area (Å²) in [6.45, 7) is 0. The Kier molecular flexibility index (Phi) is 3.70. The SMILES string of the molecule is COc1c(C(=O)C(=O)O)cc(F)cc1S(C)(=O)=O. The van der Waals surface area contributed by atoms with Gasteiger partial charge in [-0.3, -0.25) is 4.79 Å². The molecule has 0 heterocycles. The Labute approximate surface area is 102 Å². The molecule has 18 heavy (non-hydrogen) atoms. The van der Waals surface area contributed by atoms with Crippen molar-refractivity contribution in [3.05, 3.63) is 23.5 Å². The number of carboxylic acids is 1. The second-order valence-corrected chi connectivity index (χ2v) is 5.38. The first-order valence-corrected chi connectivity index (χ1v) is 6.43. The van der Waals surface area contributed by atoms with Crippen LogP contribution in [0.2, 0.25) is 0 Å². The average molecular weight is 276 g/mol. The highest BCUT2D eigenvalue weighted by atomic mass is 32.2. The molecule has 0 amide bonds. The van der Waals surface area contributed by atoms with Gasteiger partial charge in [0.2, 0.25) is 0 Å². The number of rotatable bonds is 4. The van der Waals surface area contributed by atoms with E-state index in [4.69, 9.17) is 9.84 Å². The molecular weight excluding hydrogens is 267 g/mol. The maximum atomic E-state index is 13.2. The van der Waals surface area contributed by atoms with Crippen molar-refractivity contribution in [2.24, 2.45) is 0 Å². The van der Waals surface area contributed by atoms with Gasteiger partial charge in [0.15, 0.2) is 9.84 Å². The van der Waals surface area contributed by atoms with Gasteiger partial charge in [-0.05, 0) is 12.1 Å². The molecule has 0 aliphatic heterocycles. The van der Waals surface area contributed by atoms with E-state index in [0.29, 0.717) is 12.1 Å². The average Bonchev–Trinajstić information content (AvgIpc) is 2.25. The zero-order valence-electron chi connectivity index (χ0n) is 9.43. The van der Waals surface area contributed by atoms with Gasteiger partial charge in [-0.15, -0.1) is 0 Å². The zero-order chi connectivity index (χ0) is 14.1. The van der Waals surface area contributed by atoms with Crippen LogP contribution in [0.3, 0.4) is 0 Å². The third kappa shape index (κ3) is 2.65. The minimum atomic E-state index is -3.86. The lowest BCUT2D eigenvalue weighted by atomic mass is 10.1. The third-order valence-electron chi connectivity index (χ3n) is 2.06. The van der Waals surface area contributed by atoms with Crippen LogP contribution in [0.1, 0.15) is 10.4 Å². The first kappa shape index (κ1) is 14.1. The van der Waals surface area contributed by atoms with Crippen LogP contribution in [-0.2, 0) is 14.6 Å². The van der Waals surface area contributed by atoms with E-state index >= 15 is 0 Å². The molecule has 0 fully saturated rings. The van der Waals surface area contributed by atoms with Crippen molar-refractivity contribution < 1.29 is 32.2 Å². The number of benzene rings is 1. The predicted octanol–water partition coefficient (Wildman–Crippen LogP) is 0.505. The Morgan fingerprint density at radius 3 is 2.28 bits per heavy atom. The molecule has 1 rings (SSSR count). The number of methoxy groups -OCH3 is 1. The normalized spacial score (nSPS) is 11.1. The molecule has 0 unspecified atom stereocenters. The van der Waals surface area contributed by atoms with Gasteiger partial charge in [-0.2, -0.15) is 0 Å². The summed E-state index contributed by atoms with van der Waals surface area (Å²) in [6, 6.07) is 1.27. The zero-order valence-corrected chi connectivity index (χ0v) is 10.2. The van der Waals surface area contributed by atoms with Crippen molar-refractivity contribution in [3.8, 4) is 5.75 Å². The summed E-state index contributed by atoms with van der Waals surface area (Å²) in [5.74, 6) is -4.80. The van der Waals surface area contributed by atoms with Crippen molar-refractivity contribution in [1.82, 2.24) is 0 Å². The monoisotopic (exact) mass is 276 g/mol. The Morgan fingerprint density at radius 2 is 1.89 bits per heavy atom. The van der Waals surface area contributed by atoms with Crippen LogP contribution in [0.15, 0.2) is 17.0 Å². The molecule has 98 valence electrons. The number of ketones is 1. The molecule has 1 aromatic carbocycles. The highest BCUT2D eigenvalue weighted by molar-refractivity contribution is 7.90. The molecule has 0 aliphatic carbocycles. The fraction of sp³-hybridized carbons (Fsp3) is 0.200. The summed E-state index contributed by atoms with van der Waals surface area (Å²) >= 11 is 0. The number of carbonyl (C=O) groups excluding carboxylic acids is 1. The van der Waals surface area contributed by atoms with Gasteiger partial charge in [0.1, 0.15) is 16.5 Å². The molecule has 8 heteroatoms. The third-order valence-corrected chi connectivity index (χ3v) is 3.16. The summed E-state index contributed by atoms with van der Waals surface area (Å²) in [4.78, 5) is 21.3. The number of sulfone groups is 1. The molecule has 0 atom stereocenters. The number of carbonyl (C=O) groups is 2. The van der Waals surface area contributed by atoms with Crippen molar-refractivity contribution in [2.75, 3.05) is 13.4 Å². The van der Waals surface area contributed by atoms with Gasteiger partial charge >= 0.3 is 5.97 Å². The number of halogens is 1. The van der Waals surface area contributed by atoms with Gasteiger partial charge in [0.05, 0.1) is 12.7 Å². The van der Waals surface area contributed by atoms with E-state index in [1.807, 2.05) is 0 Å². The number of hydrogen-bond donors (Lipinski definition) is 1. The second-order valence-electron chi connectivity index (χ2n) is 3.39. The summed E-state index contributed by atoms with van der Waals surface area (Å²) < 4.78 is 40.7. The molecule has 0 aromatic heterocycles. The fourth-order valence-electron chi connectivity index (χ4n) is 1.34. The van der Waals surface area contributed by atoms with Gasteiger partial charge in [0, 0.05) is 6.26 Å². The van der Waals surface area contributed by atoms with Crippen molar-refractivity contribution in [3.63, 3.8) is 0 Å². The highest BCUT2D eigenvalue weighted by Gasteiger charge is 2.26. The van der Waals surface area contributed by atoms with Crippen LogP contribution in [0.5, 0.6) is 5.75 Å². The lowest BCUT2D eigenvalue weighted by molar-refractivity contribution is -0.131. The molecule has 0 spiro atoms. The van der Waals surface area contributed by atoms with Gasteiger partial charge in [0.25, 0.3) is 5.78 Å². The number of hydrogen-bond acceptors (Lipinski definition) is 5. The van der Waals surface area contributed by atoms with E-state index in [0.717, 1.165) is 13.4 Å². The van der Waals surface area contributed by atoms with Gasteiger partial charge in [-0.25, -0.2) is 17.6 Å². The largest absolute Gasteiger partial charge is 0.495 e. The second kappa shape index (κ2) is 4.73.